The van der Waals surface area contributed by atoms with Gasteiger partial charge in [-0.1, -0.05) is 11.2 Å². The van der Waals surface area contributed by atoms with E-state index in [1.54, 1.807) is 6.92 Å². The molecule has 1 aromatic heterocycles. The second-order valence-electron chi connectivity index (χ2n) is 4.72. The number of rotatable bonds is 7. The number of non-ortho nitro benzene ring substituents is 1. The predicted molar refractivity (Wildman–Crippen MR) is 93.0 cm³/mol. The number of benzene rings is 1. The number of thiophene rings is 1. The molecule has 0 spiro atoms. The van der Waals surface area contributed by atoms with Crippen molar-refractivity contribution in [2.75, 3.05) is 6.61 Å². The molecule has 0 saturated heterocycles. The van der Waals surface area contributed by atoms with Gasteiger partial charge in [0.1, 0.15) is 5.75 Å². The smallest absolute Gasteiger partial charge is 0.280 e. The van der Waals surface area contributed by atoms with Crippen LogP contribution in [0.1, 0.15) is 17.4 Å². The zero-order chi connectivity index (χ0) is 18.2. The number of hydrogen-bond donors (Lipinski definition) is 2. The van der Waals surface area contributed by atoms with Crippen molar-refractivity contribution in [3.05, 3.63) is 56.3 Å². The number of nitrogens with zero attached hydrogens (tertiary/aromatic N) is 3. The number of carbonyl (C=O) groups is 1. The maximum Gasteiger partial charge on any atom is 0.280 e. The molecule has 10 heteroatoms. The lowest BCUT2D eigenvalue weighted by molar-refractivity contribution is -0.384. The number of aromatic hydroxyl groups is 1. The monoisotopic (exact) mass is 362 g/mol. The molecule has 2 rings (SSSR count). The van der Waals surface area contributed by atoms with Gasteiger partial charge in [0, 0.05) is 17.7 Å². The van der Waals surface area contributed by atoms with Crippen LogP contribution < -0.4 is 5.43 Å². The number of nitrogens with one attached hydrogen (secondary N) is 1. The molecule has 0 radical (unpaired) electrons. The molecule has 0 saturated carbocycles. The fraction of sp³-hybridized carbons (Fsp3) is 0.133. The van der Waals surface area contributed by atoms with E-state index in [-0.39, 0.29) is 23.6 Å². The normalized spacial score (nSPS) is 11.5. The van der Waals surface area contributed by atoms with E-state index in [1.165, 1.54) is 17.4 Å². The van der Waals surface area contributed by atoms with Gasteiger partial charge in [0.15, 0.2) is 6.61 Å². The number of nitro groups is 1. The number of oxime groups is 1. The van der Waals surface area contributed by atoms with Gasteiger partial charge in [-0.15, -0.1) is 11.3 Å². The molecule has 1 heterocycles. The topological polar surface area (TPSA) is 126 Å². The largest absolute Gasteiger partial charge is 0.507 e. The Labute approximate surface area is 146 Å². The van der Waals surface area contributed by atoms with Crippen LogP contribution in [0.2, 0.25) is 0 Å². The molecule has 0 bridgehead atoms. The van der Waals surface area contributed by atoms with Gasteiger partial charge in [-0.3, -0.25) is 14.9 Å². The summed E-state index contributed by atoms with van der Waals surface area (Å²) in [6.45, 7) is 1.41. The summed E-state index contributed by atoms with van der Waals surface area (Å²) < 4.78 is 0. The van der Waals surface area contributed by atoms with Gasteiger partial charge < -0.3 is 9.94 Å². The van der Waals surface area contributed by atoms with Gasteiger partial charge in [0.25, 0.3) is 11.6 Å². The number of hydrogen-bond acceptors (Lipinski definition) is 8. The fourth-order valence-corrected chi connectivity index (χ4v) is 2.35. The van der Waals surface area contributed by atoms with E-state index in [0.717, 1.165) is 23.2 Å². The minimum Gasteiger partial charge on any atom is -0.507 e. The first-order valence-electron chi connectivity index (χ1n) is 6.97. The van der Waals surface area contributed by atoms with Gasteiger partial charge >= 0.3 is 0 Å². The van der Waals surface area contributed by atoms with E-state index in [2.05, 4.69) is 15.7 Å². The second-order valence-corrected chi connectivity index (χ2v) is 5.67. The number of phenolic OH excluding ortho intramolecular Hbond substituents is 1. The highest BCUT2D eigenvalue weighted by Crippen LogP contribution is 2.21. The first-order valence-corrected chi connectivity index (χ1v) is 7.85. The lowest BCUT2D eigenvalue weighted by atomic mass is 10.2. The van der Waals surface area contributed by atoms with Crippen LogP contribution in [-0.4, -0.2) is 34.5 Å². The SMILES string of the molecule is CC(=NOCC(=O)N/N=C/c1cc([N+](=O)[O-])ccc1O)c1cccs1. The highest BCUT2D eigenvalue weighted by Gasteiger charge is 2.09. The summed E-state index contributed by atoms with van der Waals surface area (Å²) >= 11 is 1.50. The molecule has 25 heavy (non-hydrogen) atoms. The third-order valence-electron chi connectivity index (χ3n) is 2.89. The molecule has 130 valence electrons. The molecule has 2 aromatic rings. The second kappa shape index (κ2) is 8.55. The Hall–Kier alpha value is -3.27. The molecule has 0 aliphatic carbocycles. The van der Waals surface area contributed by atoms with Crippen LogP contribution in [0.25, 0.3) is 0 Å². The third kappa shape index (κ3) is 5.39. The highest BCUT2D eigenvalue weighted by molar-refractivity contribution is 7.12. The molecule has 1 aromatic carbocycles. The number of nitro benzene ring substituents is 1. The van der Waals surface area contributed by atoms with Gasteiger partial charge in [-0.25, -0.2) is 5.43 Å². The lowest BCUT2D eigenvalue weighted by Gasteiger charge is -2.01. The molecule has 1 amide bonds. The summed E-state index contributed by atoms with van der Waals surface area (Å²) in [6.07, 6.45) is 1.10. The van der Waals surface area contributed by atoms with Crippen LogP contribution in [0.15, 0.2) is 46.0 Å². The molecule has 0 aliphatic heterocycles. The zero-order valence-electron chi connectivity index (χ0n) is 13.1. The Bertz CT molecular complexity index is 817. The Morgan fingerprint density at radius 2 is 2.28 bits per heavy atom. The summed E-state index contributed by atoms with van der Waals surface area (Å²) in [5, 5.41) is 29.6. The number of phenols is 1. The average Bonchev–Trinajstić information content (AvgIpc) is 3.11. The molecule has 0 unspecified atom stereocenters. The van der Waals surface area contributed by atoms with Gasteiger partial charge in [0.2, 0.25) is 0 Å². The van der Waals surface area contributed by atoms with Crippen molar-refractivity contribution >= 4 is 34.9 Å². The molecule has 0 aliphatic rings. The van der Waals surface area contributed by atoms with Crippen molar-refractivity contribution < 1.29 is 19.7 Å². The van der Waals surface area contributed by atoms with Crippen LogP contribution in [0.3, 0.4) is 0 Å². The quantitative estimate of drug-likeness (QED) is 0.444. The summed E-state index contributed by atoms with van der Waals surface area (Å²) in [6, 6.07) is 7.22. The summed E-state index contributed by atoms with van der Waals surface area (Å²) in [4.78, 5) is 27.5. The molecule has 9 nitrogen and oxygen atoms in total. The predicted octanol–water partition coefficient (Wildman–Crippen LogP) is 2.25. The van der Waals surface area contributed by atoms with E-state index >= 15 is 0 Å². The maximum atomic E-state index is 11.6. The van der Waals surface area contributed by atoms with E-state index in [9.17, 15) is 20.0 Å². The van der Waals surface area contributed by atoms with Crippen LogP contribution in [0, 0.1) is 10.1 Å². The van der Waals surface area contributed by atoms with Crippen molar-refractivity contribution in [2.45, 2.75) is 6.92 Å². The first-order chi connectivity index (χ1) is 12.0. The van der Waals surface area contributed by atoms with Crippen LogP contribution in [0.4, 0.5) is 5.69 Å². The minimum atomic E-state index is -0.600. The lowest BCUT2D eigenvalue weighted by Crippen LogP contribution is -2.22. The summed E-state index contributed by atoms with van der Waals surface area (Å²) in [7, 11) is 0. The average molecular weight is 362 g/mol. The van der Waals surface area contributed by atoms with E-state index in [1.807, 2.05) is 17.5 Å². The highest BCUT2D eigenvalue weighted by atomic mass is 32.1. The maximum absolute atomic E-state index is 11.6. The molecular weight excluding hydrogens is 348 g/mol. The summed E-state index contributed by atoms with van der Waals surface area (Å²) in [5.74, 6) is -0.764. The van der Waals surface area contributed by atoms with Crippen molar-refractivity contribution in [2.24, 2.45) is 10.3 Å². The van der Waals surface area contributed by atoms with Gasteiger partial charge in [-0.2, -0.15) is 5.10 Å². The Kier molecular flexibility index (Phi) is 6.18. The zero-order valence-corrected chi connectivity index (χ0v) is 13.9. The van der Waals surface area contributed by atoms with E-state index in [0.29, 0.717) is 5.71 Å². The fourth-order valence-electron chi connectivity index (χ4n) is 1.68. The van der Waals surface area contributed by atoms with E-state index < -0.39 is 10.8 Å². The third-order valence-corrected chi connectivity index (χ3v) is 3.87. The Morgan fingerprint density at radius 3 is 2.96 bits per heavy atom. The standard InChI is InChI=1S/C15H14N4O5S/c1-10(14-3-2-6-25-14)18-24-9-15(21)17-16-8-11-7-12(19(22)23)4-5-13(11)20/h2-8,20H,9H2,1H3,(H,17,21)/b16-8+,18-10?. The Morgan fingerprint density at radius 1 is 1.48 bits per heavy atom. The van der Waals surface area contributed by atoms with Crippen LogP contribution >= 0.6 is 11.3 Å². The van der Waals surface area contributed by atoms with Crippen molar-refractivity contribution in [3.63, 3.8) is 0 Å². The molecule has 0 atom stereocenters. The van der Waals surface area contributed by atoms with Crippen molar-refractivity contribution in [3.8, 4) is 5.75 Å². The number of amides is 1. The van der Waals surface area contributed by atoms with Crippen molar-refractivity contribution in [1.82, 2.24) is 5.43 Å². The minimum absolute atomic E-state index is 0.0991. The van der Waals surface area contributed by atoms with Crippen LogP contribution in [0.5, 0.6) is 5.75 Å². The van der Waals surface area contributed by atoms with Crippen LogP contribution in [-0.2, 0) is 9.63 Å². The van der Waals surface area contributed by atoms with E-state index in [4.69, 9.17) is 4.84 Å². The number of hydrazone groups is 1. The van der Waals surface area contributed by atoms with Gasteiger partial charge in [0.05, 0.1) is 21.7 Å². The van der Waals surface area contributed by atoms with Gasteiger partial charge in [-0.05, 0) is 24.4 Å². The number of carbonyl (C=O) groups excluding carboxylic acids is 1. The Balaban J connectivity index is 1.85. The first kappa shape index (κ1) is 18.1. The molecule has 0 fully saturated rings. The van der Waals surface area contributed by atoms with Crippen molar-refractivity contribution in [1.29, 1.82) is 0 Å². The summed E-state index contributed by atoms with van der Waals surface area (Å²) in [5.41, 5.74) is 2.72. The molecule has 2 N–H and O–H groups in total. The molecular formula is C15H14N4O5S.